The SMILES string of the molecule is COc1cc(CN2CCCC2C(C)C)cc(Cl)c1O. The lowest BCUT2D eigenvalue weighted by molar-refractivity contribution is 0.198. The van der Waals surface area contributed by atoms with Gasteiger partial charge in [0.1, 0.15) is 0 Å². The van der Waals surface area contributed by atoms with Gasteiger partial charge in [-0.05, 0) is 43.0 Å². The maximum absolute atomic E-state index is 9.75. The van der Waals surface area contributed by atoms with Gasteiger partial charge in [0.15, 0.2) is 11.5 Å². The van der Waals surface area contributed by atoms with Gasteiger partial charge in [-0.15, -0.1) is 0 Å². The second kappa shape index (κ2) is 6.02. The number of phenols is 1. The predicted molar refractivity (Wildman–Crippen MR) is 77.9 cm³/mol. The first-order valence-corrected chi connectivity index (χ1v) is 7.20. The lowest BCUT2D eigenvalue weighted by Gasteiger charge is -2.27. The zero-order chi connectivity index (χ0) is 14.0. The lowest BCUT2D eigenvalue weighted by Crippen LogP contribution is -2.32. The summed E-state index contributed by atoms with van der Waals surface area (Å²) in [6, 6.07) is 4.34. The molecule has 106 valence electrons. The molecular formula is C15H22ClNO2. The number of hydrogen-bond acceptors (Lipinski definition) is 3. The van der Waals surface area contributed by atoms with Crippen LogP contribution in [0.5, 0.6) is 11.5 Å². The fourth-order valence-electron chi connectivity index (χ4n) is 2.91. The maximum atomic E-state index is 9.75. The molecule has 0 radical (unpaired) electrons. The number of aromatic hydroxyl groups is 1. The van der Waals surface area contributed by atoms with Crippen molar-refractivity contribution in [3.63, 3.8) is 0 Å². The van der Waals surface area contributed by atoms with E-state index in [0.29, 0.717) is 22.7 Å². The summed E-state index contributed by atoms with van der Waals surface area (Å²) in [5.41, 5.74) is 1.09. The van der Waals surface area contributed by atoms with Gasteiger partial charge in [-0.1, -0.05) is 25.4 Å². The summed E-state index contributed by atoms with van der Waals surface area (Å²) < 4.78 is 5.15. The standard InChI is InChI=1S/C15H22ClNO2/c1-10(2)13-5-4-6-17(13)9-11-7-12(16)15(18)14(8-11)19-3/h7-8,10,13,18H,4-6,9H2,1-3H3. The van der Waals surface area contributed by atoms with E-state index in [1.807, 2.05) is 12.1 Å². The Balaban J connectivity index is 2.17. The van der Waals surface area contributed by atoms with Crippen molar-refractivity contribution in [1.82, 2.24) is 4.90 Å². The first-order chi connectivity index (χ1) is 9.02. The zero-order valence-corrected chi connectivity index (χ0v) is 12.6. The molecule has 1 saturated heterocycles. The molecule has 1 atom stereocenters. The van der Waals surface area contributed by atoms with Gasteiger partial charge in [0.25, 0.3) is 0 Å². The summed E-state index contributed by atoms with van der Waals surface area (Å²) in [6.45, 7) is 6.53. The molecule has 0 aromatic heterocycles. The Bertz CT molecular complexity index is 448. The van der Waals surface area contributed by atoms with Gasteiger partial charge in [0.05, 0.1) is 12.1 Å². The van der Waals surface area contributed by atoms with Crippen LogP contribution in [0.25, 0.3) is 0 Å². The summed E-state index contributed by atoms with van der Waals surface area (Å²) in [7, 11) is 1.54. The predicted octanol–water partition coefficient (Wildman–Crippen LogP) is 3.67. The van der Waals surface area contributed by atoms with Crippen molar-refractivity contribution in [3.05, 3.63) is 22.7 Å². The van der Waals surface area contributed by atoms with Crippen LogP contribution in [0.15, 0.2) is 12.1 Å². The summed E-state index contributed by atoms with van der Waals surface area (Å²) in [6.07, 6.45) is 2.52. The average molecular weight is 284 g/mol. The van der Waals surface area contributed by atoms with Crippen LogP contribution in [0.2, 0.25) is 5.02 Å². The summed E-state index contributed by atoms with van der Waals surface area (Å²) in [4.78, 5) is 2.49. The third-order valence-corrected chi connectivity index (χ3v) is 4.17. The molecule has 4 heteroatoms. The first-order valence-electron chi connectivity index (χ1n) is 6.82. The number of phenolic OH excluding ortho intramolecular Hbond substituents is 1. The van der Waals surface area contributed by atoms with Gasteiger partial charge in [0.2, 0.25) is 0 Å². The van der Waals surface area contributed by atoms with Crippen molar-refractivity contribution in [2.24, 2.45) is 5.92 Å². The first kappa shape index (κ1) is 14.5. The monoisotopic (exact) mass is 283 g/mol. The number of nitrogens with zero attached hydrogens (tertiary/aromatic N) is 1. The molecule has 0 saturated carbocycles. The minimum absolute atomic E-state index is 0.0229. The number of hydrogen-bond donors (Lipinski definition) is 1. The fourth-order valence-corrected chi connectivity index (χ4v) is 3.15. The van der Waals surface area contributed by atoms with Crippen molar-refractivity contribution < 1.29 is 9.84 Å². The molecule has 1 aromatic rings. The van der Waals surface area contributed by atoms with Crippen LogP contribution in [0, 0.1) is 5.92 Å². The van der Waals surface area contributed by atoms with Crippen LogP contribution < -0.4 is 4.74 Å². The molecule has 0 amide bonds. The number of methoxy groups -OCH3 is 1. The van der Waals surface area contributed by atoms with E-state index in [-0.39, 0.29) is 5.75 Å². The van der Waals surface area contributed by atoms with Crippen LogP contribution in [-0.4, -0.2) is 29.7 Å². The highest BCUT2D eigenvalue weighted by Crippen LogP contribution is 2.36. The van der Waals surface area contributed by atoms with Crippen LogP contribution >= 0.6 is 11.6 Å². The van der Waals surface area contributed by atoms with Crippen molar-refractivity contribution in [1.29, 1.82) is 0 Å². The van der Waals surface area contributed by atoms with Gasteiger partial charge in [-0.3, -0.25) is 4.90 Å². The summed E-state index contributed by atoms with van der Waals surface area (Å²) in [5, 5.41) is 10.1. The molecular weight excluding hydrogens is 262 g/mol. The number of rotatable bonds is 4. The molecule has 0 bridgehead atoms. The third kappa shape index (κ3) is 3.15. The van der Waals surface area contributed by atoms with Crippen LogP contribution in [0.1, 0.15) is 32.3 Å². The van der Waals surface area contributed by atoms with E-state index in [0.717, 1.165) is 18.7 Å². The van der Waals surface area contributed by atoms with E-state index < -0.39 is 0 Å². The van der Waals surface area contributed by atoms with Crippen LogP contribution in [0.4, 0.5) is 0 Å². The van der Waals surface area contributed by atoms with Crippen molar-refractivity contribution >= 4 is 11.6 Å². The molecule has 1 aliphatic rings. The fraction of sp³-hybridized carbons (Fsp3) is 0.600. The highest BCUT2D eigenvalue weighted by Gasteiger charge is 2.27. The van der Waals surface area contributed by atoms with Gasteiger partial charge in [-0.25, -0.2) is 0 Å². The minimum Gasteiger partial charge on any atom is -0.503 e. The van der Waals surface area contributed by atoms with E-state index >= 15 is 0 Å². The lowest BCUT2D eigenvalue weighted by atomic mass is 10.0. The number of ether oxygens (including phenoxy) is 1. The van der Waals surface area contributed by atoms with Crippen molar-refractivity contribution in [3.8, 4) is 11.5 Å². The Morgan fingerprint density at radius 1 is 1.47 bits per heavy atom. The molecule has 19 heavy (non-hydrogen) atoms. The maximum Gasteiger partial charge on any atom is 0.176 e. The second-order valence-corrected chi connectivity index (χ2v) is 5.96. The topological polar surface area (TPSA) is 32.7 Å². The molecule has 1 fully saturated rings. The van der Waals surface area contributed by atoms with Gasteiger partial charge >= 0.3 is 0 Å². The van der Waals surface area contributed by atoms with Gasteiger partial charge in [-0.2, -0.15) is 0 Å². The molecule has 2 rings (SSSR count). The van der Waals surface area contributed by atoms with E-state index in [1.54, 1.807) is 7.11 Å². The molecule has 1 N–H and O–H groups in total. The molecule has 0 spiro atoms. The van der Waals surface area contributed by atoms with E-state index in [2.05, 4.69) is 18.7 Å². The Morgan fingerprint density at radius 3 is 2.84 bits per heavy atom. The molecule has 0 aliphatic carbocycles. The Kier molecular flexibility index (Phi) is 4.58. The summed E-state index contributed by atoms with van der Waals surface area (Å²) >= 11 is 6.03. The van der Waals surface area contributed by atoms with E-state index in [9.17, 15) is 5.11 Å². The molecule has 1 aromatic carbocycles. The van der Waals surface area contributed by atoms with Crippen LogP contribution in [-0.2, 0) is 6.54 Å². The molecule has 1 aliphatic heterocycles. The minimum atomic E-state index is 0.0229. The molecule has 3 nitrogen and oxygen atoms in total. The second-order valence-electron chi connectivity index (χ2n) is 5.55. The Hall–Kier alpha value is -0.930. The normalized spacial score (nSPS) is 20.2. The Labute approximate surface area is 120 Å². The zero-order valence-electron chi connectivity index (χ0n) is 11.8. The third-order valence-electron chi connectivity index (χ3n) is 3.88. The van der Waals surface area contributed by atoms with Crippen molar-refractivity contribution in [2.75, 3.05) is 13.7 Å². The van der Waals surface area contributed by atoms with Crippen molar-refractivity contribution in [2.45, 2.75) is 39.3 Å². The number of benzene rings is 1. The van der Waals surface area contributed by atoms with Gasteiger partial charge in [0, 0.05) is 12.6 Å². The smallest absolute Gasteiger partial charge is 0.176 e. The van der Waals surface area contributed by atoms with Crippen LogP contribution in [0.3, 0.4) is 0 Å². The van der Waals surface area contributed by atoms with Gasteiger partial charge < -0.3 is 9.84 Å². The van der Waals surface area contributed by atoms with E-state index in [1.165, 1.54) is 12.8 Å². The average Bonchev–Trinajstić information content (AvgIpc) is 2.81. The number of halogens is 1. The molecule has 1 unspecified atom stereocenters. The Morgan fingerprint density at radius 2 is 2.21 bits per heavy atom. The quantitative estimate of drug-likeness (QED) is 0.915. The highest BCUT2D eigenvalue weighted by atomic mass is 35.5. The highest BCUT2D eigenvalue weighted by molar-refractivity contribution is 6.32. The molecule has 1 heterocycles. The summed E-state index contributed by atoms with van der Waals surface area (Å²) in [5.74, 6) is 1.13. The largest absolute Gasteiger partial charge is 0.503 e. The number of likely N-dealkylation sites (tertiary alicyclic amines) is 1. The van der Waals surface area contributed by atoms with E-state index in [4.69, 9.17) is 16.3 Å².